The third kappa shape index (κ3) is 4.78. The highest BCUT2D eigenvalue weighted by Gasteiger charge is 2.27. The molecule has 0 aliphatic carbocycles. The second-order valence-corrected chi connectivity index (χ2v) is 6.65. The van der Waals surface area contributed by atoms with Crippen molar-refractivity contribution in [1.29, 1.82) is 0 Å². The summed E-state index contributed by atoms with van der Waals surface area (Å²) >= 11 is 6.04. The van der Waals surface area contributed by atoms with Crippen molar-refractivity contribution in [1.82, 2.24) is 0 Å². The molecule has 2 aromatic rings. The van der Waals surface area contributed by atoms with Crippen molar-refractivity contribution >= 4 is 40.8 Å². The zero-order valence-corrected chi connectivity index (χ0v) is 16.6. The van der Waals surface area contributed by atoms with Crippen LogP contribution in [0.1, 0.15) is 5.56 Å². The molecule has 0 aromatic heterocycles. The van der Waals surface area contributed by atoms with Crippen molar-refractivity contribution in [3.05, 3.63) is 47.0 Å². The molecule has 0 bridgehead atoms. The van der Waals surface area contributed by atoms with Crippen molar-refractivity contribution in [2.24, 2.45) is 0 Å². The van der Waals surface area contributed by atoms with Gasteiger partial charge in [0.15, 0.2) is 13.2 Å². The summed E-state index contributed by atoms with van der Waals surface area (Å²) in [6, 6.07) is 10.1. The lowest BCUT2D eigenvalue weighted by Gasteiger charge is -2.28. The van der Waals surface area contributed by atoms with Gasteiger partial charge in [0.25, 0.3) is 11.8 Å². The zero-order valence-electron chi connectivity index (χ0n) is 15.9. The maximum Gasteiger partial charge on any atom is 0.326 e. The quantitative estimate of drug-likeness (QED) is 0.724. The molecule has 0 atom stereocenters. The molecule has 1 aliphatic heterocycles. The number of methoxy groups -OCH3 is 1. The van der Waals surface area contributed by atoms with Gasteiger partial charge in [-0.05, 0) is 30.7 Å². The van der Waals surface area contributed by atoms with E-state index < -0.39 is 18.5 Å². The van der Waals surface area contributed by atoms with Crippen molar-refractivity contribution in [3.8, 4) is 11.5 Å². The molecule has 1 heterocycles. The van der Waals surface area contributed by atoms with E-state index in [1.807, 2.05) is 0 Å². The SMILES string of the molecule is COc1cc(Cl)c(C)cc1NC(=O)COC(=O)CN1C(=O)COc2ccccc21. The number of ether oxygens (including phenoxy) is 3. The number of nitrogens with zero attached hydrogens (tertiary/aromatic N) is 1. The van der Waals surface area contributed by atoms with Crippen LogP contribution in [0.15, 0.2) is 36.4 Å². The number of fused-ring (bicyclic) bond motifs is 1. The maximum absolute atomic E-state index is 12.2. The minimum absolute atomic E-state index is 0.166. The van der Waals surface area contributed by atoms with Crippen molar-refractivity contribution in [2.75, 3.05) is 37.1 Å². The largest absolute Gasteiger partial charge is 0.495 e. The molecule has 152 valence electrons. The number of halogens is 1. The van der Waals surface area contributed by atoms with Gasteiger partial charge in [-0.15, -0.1) is 0 Å². The van der Waals surface area contributed by atoms with E-state index in [4.69, 9.17) is 25.8 Å². The van der Waals surface area contributed by atoms with E-state index in [9.17, 15) is 14.4 Å². The summed E-state index contributed by atoms with van der Waals surface area (Å²) in [6.07, 6.45) is 0. The van der Waals surface area contributed by atoms with Crippen LogP contribution < -0.4 is 19.7 Å². The van der Waals surface area contributed by atoms with Gasteiger partial charge in [-0.1, -0.05) is 23.7 Å². The highest BCUT2D eigenvalue weighted by molar-refractivity contribution is 6.31. The van der Waals surface area contributed by atoms with Crippen LogP contribution in [0.3, 0.4) is 0 Å². The van der Waals surface area contributed by atoms with Gasteiger partial charge in [0.05, 0.1) is 18.5 Å². The first-order valence-electron chi connectivity index (χ1n) is 8.71. The Morgan fingerprint density at radius 1 is 1.28 bits per heavy atom. The minimum Gasteiger partial charge on any atom is -0.495 e. The Morgan fingerprint density at radius 2 is 2.03 bits per heavy atom. The van der Waals surface area contributed by atoms with Crippen LogP contribution in [0, 0.1) is 6.92 Å². The summed E-state index contributed by atoms with van der Waals surface area (Å²) in [6.45, 7) is 0.787. The van der Waals surface area contributed by atoms with E-state index >= 15 is 0 Å². The molecule has 3 rings (SSSR count). The molecule has 0 radical (unpaired) electrons. The van der Waals surface area contributed by atoms with Crippen LogP contribution in [-0.2, 0) is 19.1 Å². The number of hydrogen-bond donors (Lipinski definition) is 1. The van der Waals surface area contributed by atoms with E-state index in [0.717, 1.165) is 5.56 Å². The molecule has 0 spiro atoms. The molecular formula is C20H19ClN2O6. The molecule has 0 unspecified atom stereocenters. The smallest absolute Gasteiger partial charge is 0.326 e. The van der Waals surface area contributed by atoms with Crippen molar-refractivity contribution < 1.29 is 28.6 Å². The minimum atomic E-state index is -0.718. The number of aryl methyl sites for hydroxylation is 1. The Morgan fingerprint density at radius 3 is 2.79 bits per heavy atom. The van der Waals surface area contributed by atoms with E-state index in [1.165, 1.54) is 12.0 Å². The number of anilines is 2. The molecule has 8 nitrogen and oxygen atoms in total. The Labute approximate surface area is 172 Å². The number of carbonyl (C=O) groups is 3. The average molecular weight is 419 g/mol. The number of carbonyl (C=O) groups excluding carboxylic acids is 3. The molecular weight excluding hydrogens is 400 g/mol. The summed E-state index contributed by atoms with van der Waals surface area (Å²) in [7, 11) is 1.45. The number of esters is 1. The Bertz CT molecular complexity index is 962. The maximum atomic E-state index is 12.2. The second kappa shape index (κ2) is 8.83. The number of benzene rings is 2. The topological polar surface area (TPSA) is 94.2 Å². The molecule has 1 aliphatic rings. The third-order valence-electron chi connectivity index (χ3n) is 4.21. The van der Waals surface area contributed by atoms with Crippen LogP contribution in [0.2, 0.25) is 5.02 Å². The van der Waals surface area contributed by atoms with Gasteiger partial charge in [-0.2, -0.15) is 0 Å². The molecule has 0 fully saturated rings. The first-order chi connectivity index (χ1) is 13.9. The van der Waals surface area contributed by atoms with Gasteiger partial charge in [0.2, 0.25) is 0 Å². The van der Waals surface area contributed by atoms with Crippen LogP contribution in [0.25, 0.3) is 0 Å². The predicted octanol–water partition coefficient (Wildman–Crippen LogP) is 2.56. The first-order valence-corrected chi connectivity index (χ1v) is 9.08. The molecule has 1 N–H and O–H groups in total. The highest BCUT2D eigenvalue weighted by Crippen LogP contribution is 2.32. The van der Waals surface area contributed by atoms with Gasteiger partial charge < -0.3 is 19.5 Å². The molecule has 0 saturated carbocycles. The average Bonchev–Trinajstić information content (AvgIpc) is 2.71. The number of rotatable bonds is 6. The van der Waals surface area contributed by atoms with Gasteiger partial charge >= 0.3 is 5.97 Å². The van der Waals surface area contributed by atoms with Crippen LogP contribution in [0.4, 0.5) is 11.4 Å². The molecule has 2 amide bonds. The summed E-state index contributed by atoms with van der Waals surface area (Å²) in [5, 5.41) is 3.11. The number of amides is 2. The predicted molar refractivity (Wildman–Crippen MR) is 107 cm³/mol. The summed E-state index contributed by atoms with van der Waals surface area (Å²) in [5.41, 5.74) is 1.64. The summed E-state index contributed by atoms with van der Waals surface area (Å²) in [5.74, 6) is -0.748. The standard InChI is InChI=1S/C20H19ClN2O6/c1-12-7-14(17(27-2)8-13(12)21)22-18(24)10-29-20(26)9-23-15-5-3-4-6-16(15)28-11-19(23)25/h3-8H,9-11H2,1-2H3,(H,22,24). The fourth-order valence-electron chi connectivity index (χ4n) is 2.76. The monoisotopic (exact) mass is 418 g/mol. The van der Waals surface area contributed by atoms with E-state index in [1.54, 1.807) is 43.3 Å². The van der Waals surface area contributed by atoms with E-state index in [-0.39, 0.29) is 19.1 Å². The Balaban J connectivity index is 1.58. The fourth-order valence-corrected chi connectivity index (χ4v) is 2.92. The molecule has 0 saturated heterocycles. The van der Waals surface area contributed by atoms with Gasteiger partial charge in [-0.3, -0.25) is 19.3 Å². The summed E-state index contributed by atoms with van der Waals surface area (Å²) < 4.78 is 15.5. The normalized spacial score (nSPS) is 12.7. The Kier molecular flexibility index (Phi) is 6.23. The van der Waals surface area contributed by atoms with Crippen LogP contribution in [0.5, 0.6) is 11.5 Å². The van der Waals surface area contributed by atoms with Gasteiger partial charge in [0, 0.05) is 11.1 Å². The summed E-state index contributed by atoms with van der Waals surface area (Å²) in [4.78, 5) is 37.7. The van der Waals surface area contributed by atoms with Crippen molar-refractivity contribution in [2.45, 2.75) is 6.92 Å². The van der Waals surface area contributed by atoms with E-state index in [0.29, 0.717) is 27.9 Å². The molecule has 9 heteroatoms. The second-order valence-electron chi connectivity index (χ2n) is 6.25. The first kappa shape index (κ1) is 20.5. The lowest BCUT2D eigenvalue weighted by Crippen LogP contribution is -2.42. The number of nitrogens with one attached hydrogen (secondary N) is 1. The lowest BCUT2D eigenvalue weighted by molar-refractivity contribution is -0.146. The van der Waals surface area contributed by atoms with Gasteiger partial charge in [0.1, 0.15) is 18.0 Å². The Hall–Kier alpha value is -3.26. The zero-order chi connectivity index (χ0) is 21.0. The van der Waals surface area contributed by atoms with Crippen LogP contribution >= 0.6 is 11.6 Å². The third-order valence-corrected chi connectivity index (χ3v) is 4.62. The molecule has 2 aromatic carbocycles. The van der Waals surface area contributed by atoms with Crippen molar-refractivity contribution in [3.63, 3.8) is 0 Å². The molecule has 29 heavy (non-hydrogen) atoms. The lowest BCUT2D eigenvalue weighted by atomic mass is 10.2. The number of para-hydroxylation sites is 2. The van der Waals surface area contributed by atoms with E-state index in [2.05, 4.69) is 5.32 Å². The fraction of sp³-hybridized carbons (Fsp3) is 0.250. The van der Waals surface area contributed by atoms with Gasteiger partial charge in [-0.25, -0.2) is 0 Å². The highest BCUT2D eigenvalue weighted by atomic mass is 35.5. The number of hydrogen-bond acceptors (Lipinski definition) is 6. The van der Waals surface area contributed by atoms with Crippen LogP contribution in [-0.4, -0.2) is 44.7 Å².